The minimum atomic E-state index is -4.64. The maximum atomic E-state index is 13.0. The van der Waals surface area contributed by atoms with Crippen LogP contribution < -0.4 is 20.7 Å². The number of alkyl halides is 3. The van der Waals surface area contributed by atoms with Gasteiger partial charge in [0.1, 0.15) is 11.5 Å². The highest BCUT2D eigenvalue weighted by molar-refractivity contribution is 6.31. The van der Waals surface area contributed by atoms with Gasteiger partial charge in [0, 0.05) is 36.7 Å². The van der Waals surface area contributed by atoms with Gasteiger partial charge in [0.15, 0.2) is 0 Å². The van der Waals surface area contributed by atoms with Crippen LogP contribution in [-0.2, 0) is 22.3 Å². The summed E-state index contributed by atoms with van der Waals surface area (Å²) in [6.45, 7) is 2.99. The second kappa shape index (κ2) is 12.9. The Kier molecular flexibility index (Phi) is 9.70. The summed E-state index contributed by atoms with van der Waals surface area (Å²) in [6, 6.07) is 12.2. The summed E-state index contributed by atoms with van der Waals surface area (Å²) < 4.78 is 49.7. The lowest BCUT2D eigenvalue weighted by Crippen LogP contribution is -2.19. The van der Waals surface area contributed by atoms with E-state index in [0.29, 0.717) is 42.6 Å². The average molecular weight is 537 g/mol. The van der Waals surface area contributed by atoms with E-state index in [9.17, 15) is 22.8 Å². The number of nitrogens with one attached hydrogen (secondary N) is 3. The molecule has 3 N–H and O–H groups in total. The Morgan fingerprint density at radius 3 is 2.38 bits per heavy atom. The van der Waals surface area contributed by atoms with Gasteiger partial charge in [-0.1, -0.05) is 11.6 Å². The van der Waals surface area contributed by atoms with Crippen LogP contribution in [0.4, 0.5) is 29.3 Å². The molecule has 1 heterocycles. The van der Waals surface area contributed by atoms with Crippen molar-refractivity contribution in [3.63, 3.8) is 0 Å². The molecule has 0 spiro atoms. The third-order valence-corrected chi connectivity index (χ3v) is 5.11. The minimum absolute atomic E-state index is 0.0574. The third-order valence-electron chi connectivity index (χ3n) is 4.78. The number of halogens is 4. The number of pyridine rings is 1. The zero-order valence-corrected chi connectivity index (χ0v) is 20.4. The monoisotopic (exact) mass is 536 g/mol. The molecule has 0 saturated heterocycles. The minimum Gasteiger partial charge on any atom is -0.466 e. The van der Waals surface area contributed by atoms with Crippen LogP contribution in [0.1, 0.15) is 24.6 Å². The topological polar surface area (TPSA) is 102 Å². The first kappa shape index (κ1) is 27.8. The van der Waals surface area contributed by atoms with Gasteiger partial charge in [-0.15, -0.1) is 0 Å². The molecule has 0 radical (unpaired) electrons. The summed E-state index contributed by atoms with van der Waals surface area (Å²) in [5, 5.41) is 7.54. The molecule has 0 aliphatic rings. The molecule has 0 aliphatic heterocycles. The molecule has 0 fully saturated rings. The molecule has 3 aromatic rings. The van der Waals surface area contributed by atoms with E-state index in [1.807, 2.05) is 0 Å². The molecule has 12 heteroatoms. The lowest BCUT2D eigenvalue weighted by molar-refractivity contribution is -0.143. The lowest BCUT2D eigenvalue weighted by Gasteiger charge is -2.13. The molecule has 1 aromatic heterocycles. The van der Waals surface area contributed by atoms with Crippen molar-refractivity contribution in [2.45, 2.75) is 26.1 Å². The van der Waals surface area contributed by atoms with Crippen LogP contribution in [0.2, 0.25) is 5.02 Å². The van der Waals surface area contributed by atoms with Gasteiger partial charge in [-0.3, -0.25) is 9.78 Å². The first-order valence-corrected chi connectivity index (χ1v) is 11.6. The van der Waals surface area contributed by atoms with Gasteiger partial charge < -0.3 is 25.4 Å². The molecule has 0 saturated carbocycles. The Hall–Kier alpha value is -3.83. The van der Waals surface area contributed by atoms with Crippen molar-refractivity contribution in [3.05, 3.63) is 77.1 Å². The quantitative estimate of drug-likeness (QED) is 0.210. The van der Waals surface area contributed by atoms with Crippen LogP contribution in [0.3, 0.4) is 0 Å². The number of esters is 1. The molecule has 0 unspecified atom stereocenters. The predicted molar refractivity (Wildman–Crippen MR) is 133 cm³/mol. The molecule has 3 rings (SSSR count). The predicted octanol–water partition coefficient (Wildman–Crippen LogP) is 6.23. The summed E-state index contributed by atoms with van der Waals surface area (Å²) in [4.78, 5) is 27.8. The van der Waals surface area contributed by atoms with Crippen molar-refractivity contribution in [1.82, 2.24) is 10.3 Å². The Morgan fingerprint density at radius 1 is 0.973 bits per heavy atom. The van der Waals surface area contributed by atoms with Gasteiger partial charge >= 0.3 is 18.2 Å². The fraction of sp³-hybridized carbons (Fsp3) is 0.240. The summed E-state index contributed by atoms with van der Waals surface area (Å²) in [5.41, 5.74) is 0.0153. The number of urea groups is 1. The van der Waals surface area contributed by atoms with Gasteiger partial charge in [-0.05, 0) is 55.5 Å². The van der Waals surface area contributed by atoms with Crippen molar-refractivity contribution in [1.29, 1.82) is 0 Å². The molecule has 196 valence electrons. The lowest BCUT2D eigenvalue weighted by atomic mass is 10.2. The number of rotatable bonds is 10. The molecular formula is C25H24ClF3N4O4. The van der Waals surface area contributed by atoms with Crippen molar-refractivity contribution in [2.24, 2.45) is 0 Å². The Labute approximate surface area is 216 Å². The first-order chi connectivity index (χ1) is 17.6. The highest BCUT2D eigenvalue weighted by Gasteiger charge is 2.33. The number of aromatic nitrogens is 1. The van der Waals surface area contributed by atoms with E-state index in [4.69, 9.17) is 21.1 Å². The highest BCUT2D eigenvalue weighted by atomic mass is 35.5. The summed E-state index contributed by atoms with van der Waals surface area (Å²) in [6.07, 6.45) is -2.78. The number of hydrogen-bond acceptors (Lipinski definition) is 6. The van der Waals surface area contributed by atoms with Gasteiger partial charge in [0.05, 0.1) is 29.3 Å². The number of carbonyl (C=O) groups is 2. The average Bonchev–Trinajstić information content (AvgIpc) is 2.84. The zero-order valence-electron chi connectivity index (χ0n) is 19.7. The fourth-order valence-corrected chi connectivity index (χ4v) is 3.34. The van der Waals surface area contributed by atoms with Crippen LogP contribution in [-0.4, -0.2) is 30.1 Å². The fourth-order valence-electron chi connectivity index (χ4n) is 3.11. The number of amides is 2. The van der Waals surface area contributed by atoms with Gasteiger partial charge in [-0.25, -0.2) is 4.79 Å². The van der Waals surface area contributed by atoms with E-state index in [1.54, 1.807) is 49.5 Å². The van der Waals surface area contributed by atoms with E-state index >= 15 is 0 Å². The van der Waals surface area contributed by atoms with Crippen LogP contribution in [0.5, 0.6) is 11.5 Å². The SMILES string of the molecule is CCOC(=O)CCNCc1cc(Oc2ccc(NC(=O)Nc3ccc(Cl)c(C(F)(F)F)c3)cc2)ccn1. The maximum Gasteiger partial charge on any atom is 0.417 e. The van der Waals surface area contributed by atoms with Gasteiger partial charge in [-0.2, -0.15) is 13.2 Å². The van der Waals surface area contributed by atoms with Gasteiger partial charge in [0.25, 0.3) is 0 Å². The Balaban J connectivity index is 1.51. The van der Waals surface area contributed by atoms with Crippen molar-refractivity contribution in [2.75, 3.05) is 23.8 Å². The summed E-state index contributed by atoms with van der Waals surface area (Å²) in [7, 11) is 0. The summed E-state index contributed by atoms with van der Waals surface area (Å²) in [5.74, 6) is 0.765. The smallest absolute Gasteiger partial charge is 0.417 e. The van der Waals surface area contributed by atoms with Crippen molar-refractivity contribution >= 4 is 35.0 Å². The Bertz CT molecular complexity index is 1220. The number of anilines is 2. The number of nitrogens with zero attached hydrogens (tertiary/aromatic N) is 1. The second-order valence-corrected chi connectivity index (χ2v) is 8.02. The van der Waals surface area contributed by atoms with Crippen LogP contribution in [0, 0.1) is 0 Å². The molecule has 0 atom stereocenters. The number of hydrogen-bond donors (Lipinski definition) is 3. The van der Waals surface area contributed by atoms with Crippen LogP contribution >= 0.6 is 11.6 Å². The highest BCUT2D eigenvalue weighted by Crippen LogP contribution is 2.36. The van der Waals surface area contributed by atoms with E-state index in [-0.39, 0.29) is 18.1 Å². The third kappa shape index (κ3) is 8.96. The second-order valence-electron chi connectivity index (χ2n) is 7.61. The molecule has 37 heavy (non-hydrogen) atoms. The van der Waals surface area contributed by atoms with Crippen LogP contribution in [0.15, 0.2) is 60.8 Å². The number of benzene rings is 2. The molecule has 0 aliphatic carbocycles. The van der Waals surface area contributed by atoms with E-state index < -0.39 is 22.8 Å². The van der Waals surface area contributed by atoms with E-state index in [2.05, 4.69) is 20.9 Å². The first-order valence-electron chi connectivity index (χ1n) is 11.2. The molecule has 2 aromatic carbocycles. The maximum absolute atomic E-state index is 13.0. The van der Waals surface area contributed by atoms with E-state index in [0.717, 1.165) is 12.1 Å². The van der Waals surface area contributed by atoms with Gasteiger partial charge in [0.2, 0.25) is 0 Å². The normalized spacial score (nSPS) is 11.1. The Morgan fingerprint density at radius 2 is 1.68 bits per heavy atom. The molecular weight excluding hydrogens is 513 g/mol. The number of carbonyl (C=O) groups excluding carboxylic acids is 2. The summed E-state index contributed by atoms with van der Waals surface area (Å²) >= 11 is 5.59. The molecule has 2 amide bonds. The standard InChI is InChI=1S/C25H24ClF3N4O4/c1-2-36-23(34)10-11-30-15-18-13-20(9-12-31-18)37-19-6-3-16(4-7-19)32-24(35)33-17-5-8-22(26)21(14-17)25(27,28)29/h3-9,12-14,30H,2,10-11,15H2,1H3,(H2,32,33,35). The molecule has 8 nitrogen and oxygen atoms in total. The number of ether oxygens (including phenoxy) is 2. The van der Waals surface area contributed by atoms with Crippen LogP contribution in [0.25, 0.3) is 0 Å². The van der Waals surface area contributed by atoms with E-state index in [1.165, 1.54) is 6.07 Å². The molecule has 0 bridgehead atoms. The largest absolute Gasteiger partial charge is 0.466 e. The zero-order chi connectivity index (χ0) is 26.8. The van der Waals surface area contributed by atoms with Crippen molar-refractivity contribution in [3.8, 4) is 11.5 Å². The van der Waals surface area contributed by atoms with Crippen molar-refractivity contribution < 1.29 is 32.2 Å².